The molecular formula is C13H18BrNO. The smallest absolute Gasteiger partial charge is 0.234 e. The van der Waals surface area contributed by atoms with Crippen LogP contribution in [0, 0.1) is 6.92 Å². The molecule has 0 radical (unpaired) electrons. The molecule has 1 aromatic carbocycles. The maximum absolute atomic E-state index is 11.7. The average Bonchev–Trinajstić information content (AvgIpc) is 2.44. The van der Waals surface area contributed by atoms with Crippen molar-refractivity contribution in [2.75, 3.05) is 5.32 Å². The maximum Gasteiger partial charge on any atom is 0.234 e. The molecule has 0 aromatic heterocycles. The number of benzene rings is 1. The highest BCUT2D eigenvalue weighted by Crippen LogP contribution is 2.40. The van der Waals surface area contributed by atoms with Crippen molar-refractivity contribution >= 4 is 27.5 Å². The predicted octanol–water partition coefficient (Wildman–Crippen LogP) is 4.01. The van der Waals surface area contributed by atoms with Gasteiger partial charge in [-0.05, 0) is 44.0 Å². The Balaban J connectivity index is 0.000000606. The van der Waals surface area contributed by atoms with Gasteiger partial charge in [-0.2, -0.15) is 0 Å². The van der Waals surface area contributed by atoms with Crippen molar-refractivity contribution in [1.82, 2.24) is 0 Å². The zero-order valence-electron chi connectivity index (χ0n) is 10.4. The quantitative estimate of drug-likeness (QED) is 0.766. The maximum atomic E-state index is 11.7. The number of halogens is 1. The highest BCUT2D eigenvalue weighted by molar-refractivity contribution is 9.10. The Morgan fingerprint density at radius 3 is 2.38 bits per heavy atom. The summed E-state index contributed by atoms with van der Waals surface area (Å²) in [5.41, 5.74) is 2.75. The Hall–Kier alpha value is -0.830. The topological polar surface area (TPSA) is 29.1 Å². The van der Waals surface area contributed by atoms with Gasteiger partial charge in [0.2, 0.25) is 5.91 Å². The molecule has 0 saturated heterocycles. The molecule has 0 saturated carbocycles. The van der Waals surface area contributed by atoms with Crippen LogP contribution in [0.5, 0.6) is 0 Å². The number of amides is 1. The lowest BCUT2D eigenvalue weighted by atomic mass is 9.85. The number of carbonyl (C=O) groups excluding carboxylic acids is 1. The molecule has 0 spiro atoms. The van der Waals surface area contributed by atoms with Crippen LogP contribution in [0.4, 0.5) is 5.69 Å². The van der Waals surface area contributed by atoms with Crippen LogP contribution in [0.25, 0.3) is 0 Å². The van der Waals surface area contributed by atoms with Gasteiger partial charge >= 0.3 is 0 Å². The molecule has 0 fully saturated rings. The molecule has 0 aliphatic carbocycles. The third kappa shape index (κ3) is 2.01. The Kier molecular flexibility index (Phi) is 3.79. The van der Waals surface area contributed by atoms with Gasteiger partial charge in [0.15, 0.2) is 0 Å². The van der Waals surface area contributed by atoms with Crippen LogP contribution in [0.1, 0.15) is 38.8 Å². The van der Waals surface area contributed by atoms with E-state index in [9.17, 15) is 4.79 Å². The number of hydrogen-bond donors (Lipinski definition) is 1. The van der Waals surface area contributed by atoms with Gasteiger partial charge in [0.05, 0.1) is 5.41 Å². The van der Waals surface area contributed by atoms with Crippen LogP contribution in [-0.4, -0.2) is 5.91 Å². The molecule has 0 unspecified atom stereocenters. The molecule has 2 rings (SSSR count). The predicted molar refractivity (Wildman–Crippen MR) is 71.9 cm³/mol. The number of anilines is 1. The number of nitrogens with one attached hydrogen (secondary N) is 1. The first-order valence-electron chi connectivity index (χ1n) is 5.55. The van der Waals surface area contributed by atoms with Gasteiger partial charge in [-0.1, -0.05) is 29.8 Å². The fourth-order valence-corrected chi connectivity index (χ4v) is 2.37. The summed E-state index contributed by atoms with van der Waals surface area (Å²) < 4.78 is 1.03. The van der Waals surface area contributed by atoms with Crippen molar-refractivity contribution in [2.24, 2.45) is 0 Å². The molecule has 2 nitrogen and oxygen atoms in total. The number of carbonyl (C=O) groups is 1. The van der Waals surface area contributed by atoms with E-state index < -0.39 is 5.41 Å². The van der Waals surface area contributed by atoms with Gasteiger partial charge in [0.25, 0.3) is 0 Å². The van der Waals surface area contributed by atoms with E-state index in [0.29, 0.717) is 0 Å². The Labute approximate surface area is 106 Å². The Bertz CT molecular complexity index is 424. The van der Waals surface area contributed by atoms with E-state index in [1.165, 1.54) is 0 Å². The van der Waals surface area contributed by atoms with Crippen LogP contribution in [0.2, 0.25) is 0 Å². The molecule has 1 heterocycles. The first-order chi connectivity index (χ1) is 7.43. The summed E-state index contributed by atoms with van der Waals surface area (Å²) in [6.45, 7) is 9.89. The van der Waals surface area contributed by atoms with E-state index in [0.717, 1.165) is 21.3 Å². The largest absolute Gasteiger partial charge is 0.325 e. The summed E-state index contributed by atoms with van der Waals surface area (Å²) in [6.07, 6.45) is 0. The first-order valence-corrected chi connectivity index (χ1v) is 6.34. The molecule has 1 aromatic rings. The van der Waals surface area contributed by atoms with Crippen molar-refractivity contribution in [3.05, 3.63) is 27.7 Å². The second-order valence-corrected chi connectivity index (χ2v) is 5.14. The Morgan fingerprint density at radius 1 is 1.25 bits per heavy atom. The third-order valence-electron chi connectivity index (χ3n) is 2.78. The minimum Gasteiger partial charge on any atom is -0.325 e. The monoisotopic (exact) mass is 283 g/mol. The van der Waals surface area contributed by atoms with Crippen molar-refractivity contribution in [3.8, 4) is 0 Å². The number of rotatable bonds is 0. The molecule has 1 aliphatic rings. The van der Waals surface area contributed by atoms with Crippen molar-refractivity contribution < 1.29 is 4.79 Å². The van der Waals surface area contributed by atoms with Crippen molar-refractivity contribution in [1.29, 1.82) is 0 Å². The van der Waals surface area contributed by atoms with Gasteiger partial charge in [0.1, 0.15) is 0 Å². The Morgan fingerprint density at radius 2 is 1.81 bits per heavy atom. The van der Waals surface area contributed by atoms with Gasteiger partial charge in [-0.15, -0.1) is 0 Å². The van der Waals surface area contributed by atoms with E-state index in [1.807, 2.05) is 46.8 Å². The van der Waals surface area contributed by atoms with Gasteiger partial charge in [0, 0.05) is 10.2 Å². The van der Waals surface area contributed by atoms with Gasteiger partial charge in [-0.25, -0.2) is 0 Å². The highest BCUT2D eigenvalue weighted by Gasteiger charge is 2.39. The first kappa shape index (κ1) is 13.2. The molecule has 0 atom stereocenters. The standard InChI is InChI=1S/C11H12BrNO.C2H6/c1-6-4-7(12)5-8-9(6)13-10(14)11(8,2)3;1-2/h4-5H,1-3H3,(H,13,14);1-2H3. The average molecular weight is 284 g/mol. The lowest BCUT2D eigenvalue weighted by Gasteiger charge is -2.15. The summed E-state index contributed by atoms with van der Waals surface area (Å²) in [7, 11) is 0. The van der Waals surface area contributed by atoms with Crippen LogP contribution in [0.3, 0.4) is 0 Å². The summed E-state index contributed by atoms with van der Waals surface area (Å²) in [5.74, 6) is 0.0775. The van der Waals surface area contributed by atoms with E-state index in [4.69, 9.17) is 0 Å². The van der Waals surface area contributed by atoms with Crippen LogP contribution < -0.4 is 5.32 Å². The molecule has 88 valence electrons. The summed E-state index contributed by atoms with van der Waals surface area (Å²) in [4.78, 5) is 11.7. The van der Waals surface area contributed by atoms with Crippen molar-refractivity contribution in [2.45, 2.75) is 40.0 Å². The van der Waals surface area contributed by atoms with Gasteiger partial charge < -0.3 is 5.32 Å². The molecule has 1 amide bonds. The zero-order valence-corrected chi connectivity index (χ0v) is 12.0. The fraction of sp³-hybridized carbons (Fsp3) is 0.462. The highest BCUT2D eigenvalue weighted by atomic mass is 79.9. The fourth-order valence-electron chi connectivity index (χ4n) is 1.79. The molecule has 1 N–H and O–H groups in total. The molecular weight excluding hydrogens is 266 g/mol. The SMILES string of the molecule is CC.Cc1cc(Br)cc2c1NC(=O)C2(C)C. The zero-order chi connectivity index (χ0) is 12.5. The molecule has 16 heavy (non-hydrogen) atoms. The lowest BCUT2D eigenvalue weighted by molar-refractivity contribution is -0.119. The van der Waals surface area contributed by atoms with E-state index in [-0.39, 0.29) is 5.91 Å². The van der Waals surface area contributed by atoms with Crippen LogP contribution in [0.15, 0.2) is 16.6 Å². The summed E-state index contributed by atoms with van der Waals surface area (Å²) in [5, 5.41) is 2.92. The normalized spacial score (nSPS) is 16.0. The molecule has 0 bridgehead atoms. The van der Waals surface area contributed by atoms with Crippen LogP contribution >= 0.6 is 15.9 Å². The van der Waals surface area contributed by atoms with Crippen LogP contribution in [-0.2, 0) is 10.2 Å². The summed E-state index contributed by atoms with van der Waals surface area (Å²) >= 11 is 3.45. The second kappa shape index (κ2) is 4.58. The van der Waals surface area contributed by atoms with E-state index >= 15 is 0 Å². The molecule has 1 aliphatic heterocycles. The van der Waals surface area contributed by atoms with E-state index in [1.54, 1.807) is 0 Å². The minimum absolute atomic E-state index is 0.0775. The second-order valence-electron chi connectivity index (χ2n) is 4.22. The van der Waals surface area contributed by atoms with Crippen molar-refractivity contribution in [3.63, 3.8) is 0 Å². The number of fused-ring (bicyclic) bond motifs is 1. The minimum atomic E-state index is -0.413. The van der Waals surface area contributed by atoms with Gasteiger partial charge in [-0.3, -0.25) is 4.79 Å². The molecule has 3 heteroatoms. The number of hydrogen-bond acceptors (Lipinski definition) is 1. The van der Waals surface area contributed by atoms with E-state index in [2.05, 4.69) is 21.2 Å². The summed E-state index contributed by atoms with van der Waals surface area (Å²) in [6, 6.07) is 4.03. The number of aryl methyl sites for hydroxylation is 1. The third-order valence-corrected chi connectivity index (χ3v) is 3.24. The lowest BCUT2D eigenvalue weighted by Crippen LogP contribution is -2.26.